The van der Waals surface area contributed by atoms with Crippen LogP contribution in [-0.4, -0.2) is 51.7 Å². The van der Waals surface area contributed by atoms with E-state index in [2.05, 4.69) is 26.7 Å². The SMILES string of the molecule is Cc1cc(C#N)nc(-c2ccnc3cc(CN4C(=O)C5C(C4=O)C5(C)C)sc23)c1C(=O)NC1CNC1.Cl. The minimum absolute atomic E-state index is 0. The number of pyridine rings is 2. The maximum absolute atomic E-state index is 13.2. The maximum atomic E-state index is 13.2. The molecule has 3 aromatic heterocycles. The minimum Gasteiger partial charge on any atom is -0.347 e. The molecule has 2 N–H and O–H groups in total. The first kappa shape index (κ1) is 25.3. The molecule has 2 unspecified atom stereocenters. The zero-order chi connectivity index (χ0) is 25.4. The van der Waals surface area contributed by atoms with Gasteiger partial charge in [-0.25, -0.2) is 4.98 Å². The molecule has 3 aliphatic rings. The van der Waals surface area contributed by atoms with Gasteiger partial charge in [0.2, 0.25) is 11.8 Å². The molecule has 3 aromatic rings. The number of piperidine rings is 1. The van der Waals surface area contributed by atoms with Crippen LogP contribution in [0.1, 0.15) is 40.3 Å². The molecule has 11 heteroatoms. The number of imide groups is 1. The van der Waals surface area contributed by atoms with E-state index < -0.39 is 0 Å². The van der Waals surface area contributed by atoms with Crippen LogP contribution in [0.15, 0.2) is 24.4 Å². The van der Waals surface area contributed by atoms with Crippen LogP contribution in [0, 0.1) is 35.5 Å². The highest BCUT2D eigenvalue weighted by Gasteiger charge is 2.72. The number of nitrogens with one attached hydrogen (secondary N) is 2. The molecule has 3 fully saturated rings. The molecule has 2 saturated heterocycles. The van der Waals surface area contributed by atoms with Crippen molar-refractivity contribution in [3.8, 4) is 17.3 Å². The van der Waals surface area contributed by atoms with E-state index in [4.69, 9.17) is 0 Å². The van der Waals surface area contributed by atoms with E-state index in [9.17, 15) is 19.6 Å². The molecule has 190 valence electrons. The van der Waals surface area contributed by atoms with Gasteiger partial charge >= 0.3 is 0 Å². The van der Waals surface area contributed by atoms with Gasteiger partial charge in [0, 0.05) is 29.7 Å². The second-order valence-electron chi connectivity index (χ2n) is 10.3. The Balaban J connectivity index is 0.00000280. The predicted molar refractivity (Wildman–Crippen MR) is 140 cm³/mol. The van der Waals surface area contributed by atoms with E-state index in [1.54, 1.807) is 25.3 Å². The van der Waals surface area contributed by atoms with Crippen molar-refractivity contribution < 1.29 is 14.4 Å². The van der Waals surface area contributed by atoms with Gasteiger partial charge in [-0.15, -0.1) is 23.7 Å². The van der Waals surface area contributed by atoms with Crippen LogP contribution < -0.4 is 10.6 Å². The van der Waals surface area contributed by atoms with Gasteiger partial charge < -0.3 is 10.6 Å². The summed E-state index contributed by atoms with van der Waals surface area (Å²) >= 11 is 1.42. The third-order valence-corrected chi connectivity index (χ3v) is 8.74. The van der Waals surface area contributed by atoms with Gasteiger partial charge in [0.25, 0.3) is 5.91 Å². The van der Waals surface area contributed by atoms with Gasteiger partial charge in [-0.1, -0.05) is 13.8 Å². The first-order valence-electron chi connectivity index (χ1n) is 11.9. The number of hydrogen-bond donors (Lipinski definition) is 2. The molecule has 0 spiro atoms. The van der Waals surface area contributed by atoms with Gasteiger partial charge in [0.05, 0.1) is 45.9 Å². The van der Waals surface area contributed by atoms with Crippen molar-refractivity contribution >= 4 is 51.7 Å². The second kappa shape index (κ2) is 8.87. The number of nitriles is 1. The molecule has 0 radical (unpaired) electrons. The van der Waals surface area contributed by atoms with Crippen molar-refractivity contribution in [2.75, 3.05) is 13.1 Å². The van der Waals surface area contributed by atoms with Crippen LogP contribution in [0.5, 0.6) is 0 Å². The van der Waals surface area contributed by atoms with Crippen LogP contribution in [0.3, 0.4) is 0 Å². The van der Waals surface area contributed by atoms with Crippen molar-refractivity contribution in [1.82, 2.24) is 25.5 Å². The first-order valence-corrected chi connectivity index (χ1v) is 12.7. The van der Waals surface area contributed by atoms with Crippen molar-refractivity contribution in [2.24, 2.45) is 17.3 Å². The molecule has 2 aliphatic heterocycles. The van der Waals surface area contributed by atoms with E-state index >= 15 is 0 Å². The number of amides is 3. The number of carbonyl (C=O) groups excluding carboxylic acids is 3. The lowest BCUT2D eigenvalue weighted by molar-refractivity contribution is -0.143. The third-order valence-electron chi connectivity index (χ3n) is 7.60. The van der Waals surface area contributed by atoms with Crippen LogP contribution in [0.4, 0.5) is 0 Å². The standard InChI is InChI=1S/C26H24N6O3S.ClH/c1-12-6-13(8-27)30-21(18(12)23(33)31-14-9-28-10-14)16-4-5-29-17-7-15(36-22(16)17)11-32-24(34)19-20(25(32)35)26(19,2)3;/h4-7,14,19-20,28H,9-11H2,1-3H3,(H,31,33);1H. The fourth-order valence-electron chi connectivity index (χ4n) is 5.43. The summed E-state index contributed by atoms with van der Waals surface area (Å²) in [7, 11) is 0. The smallest absolute Gasteiger partial charge is 0.254 e. The third kappa shape index (κ3) is 3.89. The Kier molecular flexibility index (Phi) is 6.06. The normalized spacial score (nSPS) is 21.7. The second-order valence-corrected chi connectivity index (χ2v) is 11.5. The van der Waals surface area contributed by atoms with E-state index in [-0.39, 0.29) is 65.7 Å². The number of halogens is 1. The highest BCUT2D eigenvalue weighted by Crippen LogP contribution is 2.63. The van der Waals surface area contributed by atoms with Crippen LogP contribution in [0.2, 0.25) is 0 Å². The van der Waals surface area contributed by atoms with Gasteiger partial charge in [-0.05, 0) is 36.1 Å². The van der Waals surface area contributed by atoms with Crippen molar-refractivity contribution in [2.45, 2.75) is 33.4 Å². The lowest BCUT2D eigenvalue weighted by Crippen LogP contribution is -2.57. The summed E-state index contributed by atoms with van der Waals surface area (Å²) in [6, 6.07) is 7.42. The van der Waals surface area contributed by atoms with Gasteiger partial charge in [-0.2, -0.15) is 5.26 Å². The number of rotatable bonds is 5. The number of aryl methyl sites for hydroxylation is 1. The molecule has 1 aliphatic carbocycles. The zero-order valence-electron chi connectivity index (χ0n) is 20.5. The fraction of sp³-hybridized carbons (Fsp3) is 0.385. The van der Waals surface area contributed by atoms with E-state index in [1.165, 1.54) is 16.2 Å². The summed E-state index contributed by atoms with van der Waals surface area (Å²) in [6.45, 7) is 7.35. The van der Waals surface area contributed by atoms with Crippen molar-refractivity contribution in [3.63, 3.8) is 0 Å². The highest BCUT2D eigenvalue weighted by molar-refractivity contribution is 7.19. The van der Waals surface area contributed by atoms with Crippen LogP contribution >= 0.6 is 23.7 Å². The number of aromatic nitrogens is 2. The fourth-order valence-corrected chi connectivity index (χ4v) is 6.54. The Morgan fingerprint density at radius 2 is 1.97 bits per heavy atom. The molecule has 9 nitrogen and oxygen atoms in total. The summed E-state index contributed by atoms with van der Waals surface area (Å²) in [5.41, 5.74) is 2.87. The summed E-state index contributed by atoms with van der Waals surface area (Å²) in [5, 5.41) is 15.7. The molecule has 1 saturated carbocycles. The highest BCUT2D eigenvalue weighted by atomic mass is 35.5. The van der Waals surface area contributed by atoms with E-state index in [0.29, 0.717) is 41.0 Å². The molecular weight excluding hydrogens is 512 g/mol. The summed E-state index contributed by atoms with van der Waals surface area (Å²) < 4.78 is 0.790. The maximum Gasteiger partial charge on any atom is 0.254 e. The number of nitrogens with zero attached hydrogens (tertiary/aromatic N) is 4. The Morgan fingerprint density at radius 3 is 2.59 bits per heavy atom. The molecule has 5 heterocycles. The van der Waals surface area contributed by atoms with Gasteiger partial charge in [0.15, 0.2) is 0 Å². The van der Waals surface area contributed by atoms with Crippen molar-refractivity contribution in [1.29, 1.82) is 5.26 Å². The lowest BCUT2D eigenvalue weighted by atomic mass is 9.99. The first-order chi connectivity index (χ1) is 17.2. The van der Waals surface area contributed by atoms with Gasteiger partial charge in [0.1, 0.15) is 11.8 Å². The molecule has 6 rings (SSSR count). The monoisotopic (exact) mass is 536 g/mol. The van der Waals surface area contributed by atoms with Crippen LogP contribution in [-0.2, 0) is 16.1 Å². The van der Waals surface area contributed by atoms with Crippen LogP contribution in [0.25, 0.3) is 21.5 Å². The molecule has 3 amide bonds. The minimum atomic E-state index is -0.249. The van der Waals surface area contributed by atoms with E-state index in [0.717, 1.165) is 9.58 Å². The average molecular weight is 537 g/mol. The Morgan fingerprint density at radius 1 is 1.27 bits per heavy atom. The zero-order valence-corrected chi connectivity index (χ0v) is 22.1. The Hall–Kier alpha value is -3.39. The largest absolute Gasteiger partial charge is 0.347 e. The number of fused-ring (bicyclic) bond motifs is 2. The number of carbonyl (C=O) groups is 3. The summed E-state index contributed by atoms with van der Waals surface area (Å²) in [5.74, 6) is -0.891. The summed E-state index contributed by atoms with van der Waals surface area (Å²) in [6.07, 6.45) is 1.64. The van der Waals surface area contributed by atoms with Gasteiger partial charge in [-0.3, -0.25) is 24.3 Å². The quantitative estimate of drug-likeness (QED) is 0.480. The molecule has 0 aromatic carbocycles. The lowest BCUT2D eigenvalue weighted by Gasteiger charge is -2.28. The van der Waals surface area contributed by atoms with E-state index in [1.807, 2.05) is 19.9 Å². The Labute approximate surface area is 223 Å². The number of hydrogen-bond acceptors (Lipinski definition) is 8. The number of thiophene rings is 1. The summed E-state index contributed by atoms with van der Waals surface area (Å²) in [4.78, 5) is 50.1. The molecule has 0 bridgehead atoms. The predicted octanol–water partition coefficient (Wildman–Crippen LogP) is 2.80. The molecule has 2 atom stereocenters. The topological polar surface area (TPSA) is 128 Å². The average Bonchev–Trinajstić information content (AvgIpc) is 3.06. The van der Waals surface area contributed by atoms with Crippen molar-refractivity contribution in [3.05, 3.63) is 46.1 Å². The number of likely N-dealkylation sites (tertiary alicyclic amines) is 1. The molecule has 37 heavy (non-hydrogen) atoms. The Bertz CT molecular complexity index is 1500. The molecular formula is C26H25ClN6O3S.